The monoisotopic (exact) mass is 183 g/mol. The Labute approximate surface area is 76.1 Å². The van der Waals surface area contributed by atoms with Crippen molar-refractivity contribution in [2.75, 3.05) is 0 Å². The number of nitrogens with one attached hydrogen (secondary N) is 1. The first-order chi connectivity index (χ1) is 5.83. The van der Waals surface area contributed by atoms with E-state index < -0.39 is 0 Å². The molecule has 1 aliphatic rings. The molecule has 1 aromatic heterocycles. The molecule has 0 saturated heterocycles. The Hall–Kier alpha value is -0.450. The van der Waals surface area contributed by atoms with Crippen molar-refractivity contribution in [3.63, 3.8) is 0 Å². The molecule has 4 heteroatoms. The SMILES string of the molecule is CC1CC1C(NN)c1ccsn1. The fraction of sp³-hybridized carbons (Fsp3) is 0.625. The summed E-state index contributed by atoms with van der Waals surface area (Å²) in [4.78, 5) is 0. The van der Waals surface area contributed by atoms with Crippen molar-refractivity contribution in [3.8, 4) is 0 Å². The highest BCUT2D eigenvalue weighted by Crippen LogP contribution is 2.46. The highest BCUT2D eigenvalue weighted by atomic mass is 32.1. The molecule has 0 spiro atoms. The molecular formula is C8H13N3S. The van der Waals surface area contributed by atoms with Crippen LogP contribution in [-0.4, -0.2) is 4.37 Å². The van der Waals surface area contributed by atoms with Gasteiger partial charge in [-0.2, -0.15) is 4.37 Å². The molecule has 3 N–H and O–H groups in total. The van der Waals surface area contributed by atoms with Crippen LogP contribution in [0.25, 0.3) is 0 Å². The minimum absolute atomic E-state index is 0.270. The number of nitrogens with zero attached hydrogens (tertiary/aromatic N) is 1. The second-order valence-electron chi connectivity index (χ2n) is 3.45. The third kappa shape index (κ3) is 1.37. The van der Waals surface area contributed by atoms with Crippen LogP contribution < -0.4 is 11.3 Å². The minimum Gasteiger partial charge on any atom is -0.271 e. The van der Waals surface area contributed by atoms with Gasteiger partial charge in [-0.25, -0.2) is 0 Å². The highest BCUT2D eigenvalue weighted by molar-refractivity contribution is 7.03. The van der Waals surface area contributed by atoms with Gasteiger partial charge in [-0.05, 0) is 35.9 Å². The summed E-state index contributed by atoms with van der Waals surface area (Å²) in [5.41, 5.74) is 3.94. The van der Waals surface area contributed by atoms with E-state index in [4.69, 9.17) is 5.84 Å². The lowest BCUT2D eigenvalue weighted by Gasteiger charge is -2.11. The molecule has 2 rings (SSSR count). The molecule has 3 unspecified atom stereocenters. The molecule has 12 heavy (non-hydrogen) atoms. The van der Waals surface area contributed by atoms with E-state index in [0.717, 1.165) is 11.6 Å². The molecule has 66 valence electrons. The molecule has 1 heterocycles. The van der Waals surface area contributed by atoms with Gasteiger partial charge in [0.2, 0.25) is 0 Å². The van der Waals surface area contributed by atoms with Crippen molar-refractivity contribution in [3.05, 3.63) is 17.1 Å². The van der Waals surface area contributed by atoms with E-state index in [-0.39, 0.29) is 6.04 Å². The zero-order valence-electron chi connectivity index (χ0n) is 7.03. The third-order valence-electron chi connectivity index (χ3n) is 2.56. The molecule has 0 amide bonds. The maximum atomic E-state index is 5.48. The van der Waals surface area contributed by atoms with Gasteiger partial charge in [0.1, 0.15) is 0 Å². The second kappa shape index (κ2) is 3.12. The van der Waals surface area contributed by atoms with Crippen molar-refractivity contribution in [1.29, 1.82) is 0 Å². The smallest absolute Gasteiger partial charge is 0.0728 e. The van der Waals surface area contributed by atoms with Crippen LogP contribution in [0.5, 0.6) is 0 Å². The average molecular weight is 183 g/mol. The van der Waals surface area contributed by atoms with Gasteiger partial charge in [0.05, 0.1) is 11.7 Å². The predicted molar refractivity (Wildman–Crippen MR) is 49.4 cm³/mol. The van der Waals surface area contributed by atoms with Crippen molar-refractivity contribution in [2.45, 2.75) is 19.4 Å². The van der Waals surface area contributed by atoms with E-state index >= 15 is 0 Å². The molecule has 1 aromatic rings. The first-order valence-electron chi connectivity index (χ1n) is 4.19. The van der Waals surface area contributed by atoms with Gasteiger partial charge in [0, 0.05) is 5.38 Å². The molecule has 0 aromatic carbocycles. The first-order valence-corrected chi connectivity index (χ1v) is 5.03. The van der Waals surface area contributed by atoms with E-state index in [1.165, 1.54) is 18.0 Å². The number of rotatable bonds is 3. The van der Waals surface area contributed by atoms with Gasteiger partial charge in [-0.15, -0.1) is 0 Å². The number of hydrogen-bond donors (Lipinski definition) is 2. The van der Waals surface area contributed by atoms with Crippen molar-refractivity contribution < 1.29 is 0 Å². The Morgan fingerprint density at radius 2 is 2.58 bits per heavy atom. The molecule has 3 atom stereocenters. The summed E-state index contributed by atoms with van der Waals surface area (Å²) in [6, 6.07) is 2.31. The summed E-state index contributed by atoms with van der Waals surface area (Å²) in [5, 5.41) is 1.99. The summed E-state index contributed by atoms with van der Waals surface area (Å²) in [7, 11) is 0. The zero-order chi connectivity index (χ0) is 8.55. The summed E-state index contributed by atoms with van der Waals surface area (Å²) < 4.78 is 4.28. The maximum absolute atomic E-state index is 5.48. The number of hydrogen-bond acceptors (Lipinski definition) is 4. The Bertz CT molecular complexity index is 247. The van der Waals surface area contributed by atoms with Crippen molar-refractivity contribution in [1.82, 2.24) is 9.80 Å². The second-order valence-corrected chi connectivity index (χ2v) is 4.11. The highest BCUT2D eigenvalue weighted by Gasteiger charge is 2.40. The van der Waals surface area contributed by atoms with E-state index in [1.54, 1.807) is 0 Å². The lowest BCUT2D eigenvalue weighted by molar-refractivity contribution is 0.468. The van der Waals surface area contributed by atoms with Gasteiger partial charge in [0.25, 0.3) is 0 Å². The molecule has 0 bridgehead atoms. The van der Waals surface area contributed by atoms with Crippen LogP contribution in [0.2, 0.25) is 0 Å². The Morgan fingerprint density at radius 3 is 3.00 bits per heavy atom. The van der Waals surface area contributed by atoms with Gasteiger partial charge >= 0.3 is 0 Å². The summed E-state index contributed by atoms with van der Waals surface area (Å²) in [6.45, 7) is 2.25. The lowest BCUT2D eigenvalue weighted by atomic mass is 10.1. The zero-order valence-corrected chi connectivity index (χ0v) is 7.84. The van der Waals surface area contributed by atoms with Crippen LogP contribution in [0.15, 0.2) is 11.4 Å². The van der Waals surface area contributed by atoms with E-state index in [0.29, 0.717) is 5.92 Å². The van der Waals surface area contributed by atoms with Crippen LogP contribution in [-0.2, 0) is 0 Å². The molecule has 1 fully saturated rings. The minimum atomic E-state index is 0.270. The fourth-order valence-electron chi connectivity index (χ4n) is 1.63. The lowest BCUT2D eigenvalue weighted by Crippen LogP contribution is -2.30. The van der Waals surface area contributed by atoms with Crippen LogP contribution in [0, 0.1) is 11.8 Å². The molecule has 1 saturated carbocycles. The Morgan fingerprint density at radius 1 is 1.83 bits per heavy atom. The summed E-state index contributed by atoms with van der Waals surface area (Å²) in [6.07, 6.45) is 1.27. The molecular weight excluding hydrogens is 170 g/mol. The van der Waals surface area contributed by atoms with Crippen LogP contribution in [0.4, 0.5) is 0 Å². The van der Waals surface area contributed by atoms with E-state index in [9.17, 15) is 0 Å². The molecule has 0 radical (unpaired) electrons. The molecule has 3 nitrogen and oxygen atoms in total. The number of aromatic nitrogens is 1. The van der Waals surface area contributed by atoms with Gasteiger partial charge in [-0.1, -0.05) is 6.92 Å². The van der Waals surface area contributed by atoms with E-state index in [2.05, 4.69) is 16.7 Å². The van der Waals surface area contributed by atoms with Gasteiger partial charge in [0.15, 0.2) is 0 Å². The van der Waals surface area contributed by atoms with Crippen LogP contribution >= 0.6 is 11.5 Å². The standard InChI is InChI=1S/C8H13N3S/c1-5-4-6(5)8(10-9)7-2-3-12-11-7/h2-3,5-6,8,10H,4,9H2,1H3. The number of hydrazine groups is 1. The maximum Gasteiger partial charge on any atom is 0.0728 e. The van der Waals surface area contributed by atoms with E-state index in [1.807, 2.05) is 11.4 Å². The first kappa shape index (κ1) is 8.16. The topological polar surface area (TPSA) is 50.9 Å². The van der Waals surface area contributed by atoms with Crippen LogP contribution in [0.1, 0.15) is 25.1 Å². The summed E-state index contributed by atoms with van der Waals surface area (Å²) >= 11 is 1.48. The number of nitrogens with two attached hydrogens (primary N) is 1. The normalized spacial score (nSPS) is 30.2. The van der Waals surface area contributed by atoms with Crippen LogP contribution in [0.3, 0.4) is 0 Å². The Balaban J connectivity index is 2.09. The quantitative estimate of drug-likeness (QED) is 0.548. The molecule has 1 aliphatic carbocycles. The summed E-state index contributed by atoms with van der Waals surface area (Å²) in [5.74, 6) is 6.97. The van der Waals surface area contributed by atoms with Crippen molar-refractivity contribution in [2.24, 2.45) is 17.7 Å². The third-order valence-corrected chi connectivity index (χ3v) is 3.13. The predicted octanol–water partition coefficient (Wildman–Crippen LogP) is 1.30. The Kier molecular flexibility index (Phi) is 2.12. The largest absolute Gasteiger partial charge is 0.271 e. The average Bonchev–Trinajstić information content (AvgIpc) is 2.60. The van der Waals surface area contributed by atoms with Gasteiger partial charge < -0.3 is 0 Å². The van der Waals surface area contributed by atoms with Gasteiger partial charge in [-0.3, -0.25) is 11.3 Å². The van der Waals surface area contributed by atoms with Crippen molar-refractivity contribution >= 4 is 11.5 Å². The fourth-order valence-corrected chi connectivity index (χ4v) is 2.18. The molecule has 0 aliphatic heterocycles.